The number of aromatic nitrogens is 2. The van der Waals surface area contributed by atoms with Gasteiger partial charge in [-0.1, -0.05) is 0 Å². The van der Waals surface area contributed by atoms with Gasteiger partial charge in [-0.3, -0.25) is 4.79 Å². The zero-order chi connectivity index (χ0) is 17.3. The third kappa shape index (κ3) is 3.54. The standard InChI is InChI=1S/C16H13BrFN3O2S/c1-9-7-13(17)23-14(9)15(22)20-11-8-10(18)3-4-12(11)24-16-19-5-6-21(16)2/h3-8H,1-2H3,(H,20,22). The first-order valence-electron chi connectivity index (χ1n) is 6.96. The lowest BCUT2D eigenvalue weighted by molar-refractivity contribution is 0.0994. The van der Waals surface area contributed by atoms with Crippen LogP contribution in [0.25, 0.3) is 0 Å². The highest BCUT2D eigenvalue weighted by atomic mass is 79.9. The number of furan rings is 1. The number of hydrogen-bond acceptors (Lipinski definition) is 4. The minimum Gasteiger partial charge on any atom is -0.444 e. The van der Waals surface area contributed by atoms with Gasteiger partial charge in [-0.05, 0) is 58.9 Å². The maximum atomic E-state index is 13.6. The molecule has 0 atom stereocenters. The predicted molar refractivity (Wildman–Crippen MR) is 92.8 cm³/mol. The zero-order valence-corrected chi connectivity index (χ0v) is 15.2. The average molecular weight is 410 g/mol. The van der Waals surface area contributed by atoms with Crippen molar-refractivity contribution in [1.82, 2.24) is 9.55 Å². The predicted octanol–water partition coefficient (Wildman–Crippen LogP) is 4.63. The number of imidazole rings is 1. The van der Waals surface area contributed by atoms with Crippen LogP contribution in [0.2, 0.25) is 0 Å². The van der Waals surface area contributed by atoms with Gasteiger partial charge in [-0.25, -0.2) is 9.37 Å². The Kier molecular flexibility index (Phi) is 4.77. The first-order chi connectivity index (χ1) is 11.4. The molecule has 1 aromatic carbocycles. The number of amides is 1. The first-order valence-corrected chi connectivity index (χ1v) is 8.57. The third-order valence-corrected chi connectivity index (χ3v) is 4.80. The lowest BCUT2D eigenvalue weighted by atomic mass is 10.2. The molecule has 0 unspecified atom stereocenters. The summed E-state index contributed by atoms with van der Waals surface area (Å²) in [5.41, 5.74) is 1.05. The van der Waals surface area contributed by atoms with Crippen LogP contribution in [-0.2, 0) is 7.05 Å². The van der Waals surface area contributed by atoms with Gasteiger partial charge in [0.05, 0.1) is 5.69 Å². The van der Waals surface area contributed by atoms with Gasteiger partial charge in [0, 0.05) is 29.9 Å². The number of anilines is 1. The number of hydrogen-bond donors (Lipinski definition) is 1. The van der Waals surface area contributed by atoms with E-state index in [4.69, 9.17) is 4.42 Å². The van der Waals surface area contributed by atoms with Crippen molar-refractivity contribution in [2.75, 3.05) is 5.32 Å². The molecule has 0 saturated heterocycles. The van der Waals surface area contributed by atoms with Crippen LogP contribution in [0.3, 0.4) is 0 Å². The number of carbonyl (C=O) groups excluding carboxylic acids is 1. The fourth-order valence-corrected chi connectivity index (χ4v) is 3.46. The molecule has 0 spiro atoms. The SMILES string of the molecule is Cc1cc(Br)oc1C(=O)Nc1cc(F)ccc1Sc1nccn1C. The molecule has 0 aliphatic carbocycles. The van der Waals surface area contributed by atoms with Gasteiger partial charge in [0.15, 0.2) is 15.6 Å². The number of nitrogens with one attached hydrogen (secondary N) is 1. The summed E-state index contributed by atoms with van der Waals surface area (Å²) in [6, 6.07) is 5.92. The van der Waals surface area contributed by atoms with Crippen molar-refractivity contribution in [3.8, 4) is 0 Å². The molecule has 8 heteroatoms. The van der Waals surface area contributed by atoms with E-state index in [-0.39, 0.29) is 5.76 Å². The second-order valence-electron chi connectivity index (χ2n) is 5.08. The van der Waals surface area contributed by atoms with Crippen LogP contribution in [0.5, 0.6) is 0 Å². The molecule has 3 aromatic rings. The molecule has 3 rings (SSSR count). The lowest BCUT2D eigenvalue weighted by Gasteiger charge is -2.10. The average Bonchev–Trinajstić information content (AvgIpc) is 3.07. The highest BCUT2D eigenvalue weighted by molar-refractivity contribution is 9.10. The van der Waals surface area contributed by atoms with E-state index in [1.807, 2.05) is 17.8 Å². The molecular weight excluding hydrogens is 397 g/mol. The van der Waals surface area contributed by atoms with Crippen LogP contribution in [0.4, 0.5) is 10.1 Å². The number of halogens is 2. The quantitative estimate of drug-likeness (QED) is 0.682. The number of nitrogens with zero attached hydrogens (tertiary/aromatic N) is 2. The smallest absolute Gasteiger partial charge is 0.291 e. The Morgan fingerprint density at radius 2 is 2.21 bits per heavy atom. The molecule has 5 nitrogen and oxygen atoms in total. The second kappa shape index (κ2) is 6.82. The molecular formula is C16H13BrFN3O2S. The Morgan fingerprint density at radius 3 is 2.83 bits per heavy atom. The van der Waals surface area contributed by atoms with Crippen LogP contribution in [0.1, 0.15) is 16.1 Å². The van der Waals surface area contributed by atoms with E-state index in [0.29, 0.717) is 20.8 Å². The topological polar surface area (TPSA) is 60.1 Å². The van der Waals surface area contributed by atoms with Crippen LogP contribution in [0.15, 0.2) is 55.8 Å². The molecule has 2 aromatic heterocycles. The van der Waals surface area contributed by atoms with Crippen molar-refractivity contribution in [3.63, 3.8) is 0 Å². The summed E-state index contributed by atoms with van der Waals surface area (Å²) in [5.74, 6) is -0.698. The summed E-state index contributed by atoms with van der Waals surface area (Å²) in [4.78, 5) is 17.3. The summed E-state index contributed by atoms with van der Waals surface area (Å²) in [5, 5.41) is 3.43. The molecule has 0 fully saturated rings. The van der Waals surface area contributed by atoms with Gasteiger partial charge >= 0.3 is 0 Å². The highest BCUT2D eigenvalue weighted by Gasteiger charge is 2.18. The molecule has 1 amide bonds. The number of rotatable bonds is 4. The summed E-state index contributed by atoms with van der Waals surface area (Å²) < 4.78 is 21.3. The Balaban J connectivity index is 1.89. The van der Waals surface area contributed by atoms with Gasteiger partial charge in [0.2, 0.25) is 0 Å². The van der Waals surface area contributed by atoms with E-state index in [1.54, 1.807) is 25.3 Å². The maximum Gasteiger partial charge on any atom is 0.291 e. The van der Waals surface area contributed by atoms with E-state index in [9.17, 15) is 9.18 Å². The van der Waals surface area contributed by atoms with Crippen LogP contribution in [0, 0.1) is 12.7 Å². The zero-order valence-electron chi connectivity index (χ0n) is 12.8. The van der Waals surface area contributed by atoms with E-state index in [0.717, 1.165) is 5.16 Å². The summed E-state index contributed by atoms with van der Waals surface area (Å²) in [6.45, 7) is 1.76. The third-order valence-electron chi connectivity index (χ3n) is 3.26. The van der Waals surface area contributed by atoms with Crippen molar-refractivity contribution in [1.29, 1.82) is 0 Å². The Hall–Kier alpha value is -2.06. The fourth-order valence-electron chi connectivity index (χ4n) is 2.09. The maximum absolute atomic E-state index is 13.6. The summed E-state index contributed by atoms with van der Waals surface area (Å²) >= 11 is 4.52. The van der Waals surface area contributed by atoms with Crippen molar-refractivity contribution >= 4 is 39.3 Å². The van der Waals surface area contributed by atoms with Crippen molar-refractivity contribution in [3.05, 3.63) is 58.5 Å². The van der Waals surface area contributed by atoms with Gasteiger partial charge in [-0.15, -0.1) is 0 Å². The van der Waals surface area contributed by atoms with Crippen molar-refractivity contribution < 1.29 is 13.6 Å². The molecule has 124 valence electrons. The van der Waals surface area contributed by atoms with Crippen LogP contribution < -0.4 is 5.32 Å². The monoisotopic (exact) mass is 409 g/mol. The lowest BCUT2D eigenvalue weighted by Crippen LogP contribution is -2.13. The molecule has 0 saturated carbocycles. The van der Waals surface area contributed by atoms with Gasteiger partial charge in [0.25, 0.3) is 5.91 Å². The summed E-state index contributed by atoms with van der Waals surface area (Å²) in [7, 11) is 1.86. The minimum absolute atomic E-state index is 0.180. The van der Waals surface area contributed by atoms with Crippen molar-refractivity contribution in [2.45, 2.75) is 17.0 Å². The van der Waals surface area contributed by atoms with Gasteiger partial charge < -0.3 is 14.3 Å². The summed E-state index contributed by atoms with van der Waals surface area (Å²) in [6.07, 6.45) is 3.49. The Bertz CT molecular complexity index is 907. The van der Waals surface area contributed by atoms with E-state index < -0.39 is 11.7 Å². The molecule has 24 heavy (non-hydrogen) atoms. The first kappa shape index (κ1) is 16.8. The van der Waals surface area contributed by atoms with Gasteiger partial charge in [0.1, 0.15) is 5.82 Å². The largest absolute Gasteiger partial charge is 0.444 e. The molecule has 0 radical (unpaired) electrons. The van der Waals surface area contributed by atoms with Crippen LogP contribution >= 0.6 is 27.7 Å². The van der Waals surface area contributed by atoms with Crippen molar-refractivity contribution in [2.24, 2.45) is 7.05 Å². The fraction of sp³-hybridized carbons (Fsp3) is 0.125. The number of aryl methyl sites for hydroxylation is 2. The highest BCUT2D eigenvalue weighted by Crippen LogP contribution is 2.33. The van der Waals surface area contributed by atoms with E-state index >= 15 is 0 Å². The number of carbonyl (C=O) groups is 1. The molecule has 0 aliphatic heterocycles. The molecule has 0 aliphatic rings. The van der Waals surface area contributed by atoms with Gasteiger partial charge in [-0.2, -0.15) is 0 Å². The molecule has 1 N–H and O–H groups in total. The Morgan fingerprint density at radius 1 is 1.42 bits per heavy atom. The van der Waals surface area contributed by atoms with Crippen LogP contribution in [-0.4, -0.2) is 15.5 Å². The second-order valence-corrected chi connectivity index (χ2v) is 6.87. The number of benzene rings is 1. The minimum atomic E-state index is -0.439. The normalized spacial score (nSPS) is 10.8. The molecule has 2 heterocycles. The van der Waals surface area contributed by atoms with E-state index in [2.05, 4.69) is 26.2 Å². The Labute approximate surface area is 150 Å². The molecule has 0 bridgehead atoms. The van der Waals surface area contributed by atoms with E-state index in [1.165, 1.54) is 23.9 Å².